The molecule has 3 nitrogen and oxygen atoms in total. The van der Waals surface area contributed by atoms with E-state index in [2.05, 4.69) is 5.32 Å². The van der Waals surface area contributed by atoms with Crippen LogP contribution in [-0.2, 0) is 17.6 Å². The molecule has 1 aliphatic heterocycles. The highest BCUT2D eigenvalue weighted by atomic mass is 35.5. The highest BCUT2D eigenvalue weighted by Gasteiger charge is 2.17. The molecule has 1 heterocycles. The summed E-state index contributed by atoms with van der Waals surface area (Å²) in [5.41, 5.74) is 2.39. The Kier molecular flexibility index (Phi) is 4.66. The summed E-state index contributed by atoms with van der Waals surface area (Å²) in [6.45, 7) is 3.09. The summed E-state index contributed by atoms with van der Waals surface area (Å²) in [4.78, 5) is 0. The lowest BCUT2D eigenvalue weighted by molar-refractivity contribution is 0.140. The third-order valence-corrected chi connectivity index (χ3v) is 3.06. The van der Waals surface area contributed by atoms with Crippen molar-refractivity contribution in [3.63, 3.8) is 0 Å². The number of benzene rings is 1. The van der Waals surface area contributed by atoms with Crippen molar-refractivity contribution in [3.8, 4) is 5.75 Å². The van der Waals surface area contributed by atoms with Crippen molar-refractivity contribution in [2.45, 2.75) is 12.8 Å². The molecule has 4 heteroatoms. The maximum atomic E-state index is 6.08. The average molecular weight is 256 g/mol. The van der Waals surface area contributed by atoms with Crippen molar-refractivity contribution < 1.29 is 9.47 Å². The van der Waals surface area contributed by atoms with Gasteiger partial charge in [0, 0.05) is 18.0 Å². The topological polar surface area (TPSA) is 30.5 Å². The Balaban J connectivity index is 1.92. The van der Waals surface area contributed by atoms with Crippen LogP contribution in [0.25, 0.3) is 0 Å². The third-order valence-electron chi connectivity index (χ3n) is 2.84. The van der Waals surface area contributed by atoms with Crippen LogP contribution in [0.3, 0.4) is 0 Å². The predicted molar refractivity (Wildman–Crippen MR) is 69.1 cm³/mol. The molecule has 0 saturated carbocycles. The number of fused-ring (bicyclic) bond motifs is 1. The van der Waals surface area contributed by atoms with Crippen molar-refractivity contribution >= 4 is 11.6 Å². The lowest BCUT2D eigenvalue weighted by Gasteiger charge is -2.09. The molecule has 0 radical (unpaired) electrons. The van der Waals surface area contributed by atoms with Gasteiger partial charge in [-0.1, -0.05) is 11.6 Å². The van der Waals surface area contributed by atoms with Gasteiger partial charge in [0.05, 0.1) is 19.8 Å². The van der Waals surface area contributed by atoms with E-state index in [1.54, 1.807) is 0 Å². The van der Waals surface area contributed by atoms with Gasteiger partial charge in [0.2, 0.25) is 0 Å². The van der Waals surface area contributed by atoms with Crippen LogP contribution in [0.15, 0.2) is 12.1 Å². The summed E-state index contributed by atoms with van der Waals surface area (Å²) in [5, 5.41) is 3.84. The maximum Gasteiger partial charge on any atom is 0.125 e. The zero-order valence-electron chi connectivity index (χ0n) is 10.1. The van der Waals surface area contributed by atoms with Gasteiger partial charge in [0.25, 0.3) is 0 Å². The molecule has 0 aliphatic carbocycles. The van der Waals surface area contributed by atoms with E-state index in [1.165, 1.54) is 5.56 Å². The Hall–Kier alpha value is -0.770. The minimum absolute atomic E-state index is 0.706. The van der Waals surface area contributed by atoms with Crippen LogP contribution in [0.1, 0.15) is 11.1 Å². The van der Waals surface area contributed by atoms with E-state index in [9.17, 15) is 0 Å². The van der Waals surface area contributed by atoms with Crippen LogP contribution in [0.4, 0.5) is 0 Å². The molecular weight excluding hydrogens is 238 g/mol. The molecule has 2 rings (SSSR count). The van der Waals surface area contributed by atoms with Crippen LogP contribution in [-0.4, -0.2) is 33.4 Å². The molecule has 0 amide bonds. The van der Waals surface area contributed by atoms with E-state index in [0.717, 1.165) is 48.9 Å². The summed E-state index contributed by atoms with van der Waals surface area (Å²) in [5.74, 6) is 1.02. The highest BCUT2D eigenvalue weighted by molar-refractivity contribution is 6.30. The Morgan fingerprint density at radius 2 is 2.29 bits per heavy atom. The summed E-state index contributed by atoms with van der Waals surface area (Å²) >= 11 is 6.08. The first-order chi connectivity index (χ1) is 8.31. The zero-order valence-corrected chi connectivity index (χ0v) is 10.8. The van der Waals surface area contributed by atoms with Gasteiger partial charge in [-0.25, -0.2) is 0 Å². The third kappa shape index (κ3) is 3.35. The number of hydrogen-bond donors (Lipinski definition) is 1. The number of ether oxygens (including phenoxy) is 2. The van der Waals surface area contributed by atoms with Gasteiger partial charge in [-0.3, -0.25) is 0 Å². The van der Waals surface area contributed by atoms with Crippen molar-refractivity contribution in [2.24, 2.45) is 0 Å². The molecule has 1 N–H and O–H groups in total. The zero-order chi connectivity index (χ0) is 12.1. The van der Waals surface area contributed by atoms with Gasteiger partial charge < -0.3 is 14.8 Å². The van der Waals surface area contributed by atoms with E-state index in [0.29, 0.717) is 6.61 Å². The summed E-state index contributed by atoms with van der Waals surface area (Å²) in [6.07, 6.45) is 1.82. The Morgan fingerprint density at radius 3 is 3.12 bits per heavy atom. The van der Waals surface area contributed by atoms with Crippen molar-refractivity contribution in [2.75, 3.05) is 33.4 Å². The molecule has 0 aromatic heterocycles. The highest BCUT2D eigenvalue weighted by Crippen LogP contribution is 2.33. The Labute approximate surface area is 107 Å². The molecule has 17 heavy (non-hydrogen) atoms. The predicted octanol–water partition coefficient (Wildman–Crippen LogP) is 2.05. The first kappa shape index (κ1) is 12.7. The van der Waals surface area contributed by atoms with Crippen molar-refractivity contribution in [3.05, 3.63) is 28.3 Å². The Morgan fingerprint density at radius 1 is 1.41 bits per heavy atom. The summed E-state index contributed by atoms with van der Waals surface area (Å²) in [6, 6.07) is 3.97. The van der Waals surface area contributed by atoms with Gasteiger partial charge in [-0.2, -0.15) is 0 Å². The van der Waals surface area contributed by atoms with Gasteiger partial charge in [0.15, 0.2) is 0 Å². The lowest BCUT2D eigenvalue weighted by atomic mass is 10.1. The number of hydrogen-bond acceptors (Lipinski definition) is 3. The molecular formula is C13H18ClNO2. The van der Waals surface area contributed by atoms with Crippen LogP contribution in [0.5, 0.6) is 5.75 Å². The first-order valence-electron chi connectivity index (χ1n) is 5.97. The lowest BCUT2D eigenvalue weighted by Crippen LogP contribution is -2.15. The van der Waals surface area contributed by atoms with Gasteiger partial charge in [-0.05, 0) is 36.7 Å². The van der Waals surface area contributed by atoms with E-state index < -0.39 is 0 Å². The second-order valence-electron chi connectivity index (χ2n) is 4.12. The number of halogens is 1. The molecule has 1 aromatic rings. The fourth-order valence-corrected chi connectivity index (χ4v) is 2.25. The SMILES string of the molecule is CNCCOCCc1cc(Cl)cc2c1OCC2. The van der Waals surface area contributed by atoms with E-state index in [4.69, 9.17) is 21.1 Å². The van der Waals surface area contributed by atoms with Crippen molar-refractivity contribution in [1.29, 1.82) is 0 Å². The van der Waals surface area contributed by atoms with E-state index in [-0.39, 0.29) is 0 Å². The molecule has 1 aromatic carbocycles. The first-order valence-corrected chi connectivity index (χ1v) is 6.35. The Bertz CT molecular complexity index is 382. The standard InChI is InChI=1S/C13H18ClNO2/c1-15-4-7-16-5-2-10-8-12(14)9-11-3-6-17-13(10)11/h8-9,15H,2-7H2,1H3. The number of nitrogens with one attached hydrogen (secondary N) is 1. The van der Waals surface area contributed by atoms with Crippen LogP contribution < -0.4 is 10.1 Å². The summed E-state index contributed by atoms with van der Waals surface area (Å²) < 4.78 is 11.2. The largest absolute Gasteiger partial charge is 0.493 e. The smallest absolute Gasteiger partial charge is 0.125 e. The fourth-order valence-electron chi connectivity index (χ4n) is 1.99. The molecule has 0 fully saturated rings. The maximum absolute atomic E-state index is 6.08. The van der Waals surface area contributed by atoms with Gasteiger partial charge in [-0.15, -0.1) is 0 Å². The normalized spacial score (nSPS) is 13.5. The number of rotatable bonds is 6. The second kappa shape index (κ2) is 6.24. The van der Waals surface area contributed by atoms with Crippen LogP contribution >= 0.6 is 11.6 Å². The molecule has 0 unspecified atom stereocenters. The minimum Gasteiger partial charge on any atom is -0.493 e. The van der Waals surface area contributed by atoms with E-state index >= 15 is 0 Å². The number of likely N-dealkylation sites (N-methyl/N-ethyl adjacent to an activating group) is 1. The summed E-state index contributed by atoms with van der Waals surface area (Å²) in [7, 11) is 1.92. The molecule has 0 atom stereocenters. The van der Waals surface area contributed by atoms with Crippen LogP contribution in [0, 0.1) is 0 Å². The minimum atomic E-state index is 0.706. The molecule has 1 aliphatic rings. The van der Waals surface area contributed by atoms with Crippen molar-refractivity contribution in [1.82, 2.24) is 5.32 Å². The molecule has 0 spiro atoms. The quantitative estimate of drug-likeness (QED) is 0.790. The average Bonchev–Trinajstić information content (AvgIpc) is 2.76. The molecule has 0 saturated heterocycles. The fraction of sp³-hybridized carbons (Fsp3) is 0.538. The molecule has 94 valence electrons. The second-order valence-corrected chi connectivity index (χ2v) is 4.55. The van der Waals surface area contributed by atoms with Gasteiger partial charge >= 0.3 is 0 Å². The molecule has 0 bridgehead atoms. The monoisotopic (exact) mass is 255 g/mol. The van der Waals surface area contributed by atoms with Crippen LogP contribution in [0.2, 0.25) is 5.02 Å². The van der Waals surface area contributed by atoms with E-state index in [1.807, 2.05) is 19.2 Å². The van der Waals surface area contributed by atoms with Gasteiger partial charge in [0.1, 0.15) is 5.75 Å².